The molecule has 0 spiro atoms. The molecule has 0 aliphatic heterocycles. The number of nitrogens with zero attached hydrogens (tertiary/aromatic N) is 3. The first-order valence-corrected chi connectivity index (χ1v) is 21.0. The minimum atomic E-state index is 0.183. The van der Waals surface area contributed by atoms with Crippen LogP contribution in [0.15, 0.2) is 205 Å². The van der Waals surface area contributed by atoms with Gasteiger partial charge < -0.3 is 18.5 Å². The number of aromatic nitrogens is 2. The molecule has 6 aromatic carbocycles. The summed E-state index contributed by atoms with van der Waals surface area (Å²) in [4.78, 5) is 2.30. The highest BCUT2D eigenvalue weighted by atomic mass is 16.3. The van der Waals surface area contributed by atoms with Crippen molar-refractivity contribution in [3.8, 4) is 0 Å². The fraction of sp³-hybridized carbons (Fsp3) is 0.0877. The largest absolute Gasteiger partial charge is 0.456 e. The molecule has 0 fully saturated rings. The van der Waals surface area contributed by atoms with Crippen LogP contribution in [0.4, 0.5) is 17.1 Å². The average Bonchev–Trinajstić information content (AvgIpc) is 3.93. The van der Waals surface area contributed by atoms with Gasteiger partial charge in [0.05, 0.1) is 16.7 Å². The van der Waals surface area contributed by atoms with Crippen LogP contribution >= 0.6 is 0 Å². The van der Waals surface area contributed by atoms with E-state index in [1.54, 1.807) is 0 Å². The fourth-order valence-electron chi connectivity index (χ4n) is 9.39. The number of fused-ring (bicyclic) bond motifs is 7. The SMILES string of the molecule is C=C/C=C(\c1c(C)n(C(/C=C\C(=C)C)=C/C)c2ccccc12)n1c2c(c3ccccc31)CC(c1ccc3oc4ccc(N(c5ccccc5)c5ccccc5)cc4c3c1)C=C2. The Labute approximate surface area is 357 Å². The van der Waals surface area contributed by atoms with Crippen LogP contribution in [0.3, 0.4) is 0 Å². The standard InChI is InChI=1S/C57H47N3O/c1-6-18-54(57-39(5)58(42(7-2)30-27-38(3)4)52-26-17-15-24-47(52)57)60-51-25-16-14-23-46(51)48-35-40(28-32-53(48)60)41-29-33-55-49(36-41)50-37-45(31-34-56(50)61-55)59(43-19-10-8-11-20-43)44-21-12-9-13-22-44/h6-34,36-37,40H,1,3,35H2,2,4-5H3/b30-27-,42-7+,54-18+. The van der Waals surface area contributed by atoms with Crippen molar-refractivity contribution in [2.75, 3.05) is 4.90 Å². The van der Waals surface area contributed by atoms with Crippen LogP contribution < -0.4 is 4.90 Å². The van der Waals surface area contributed by atoms with Crippen molar-refractivity contribution in [2.24, 2.45) is 0 Å². The molecule has 10 rings (SSSR count). The summed E-state index contributed by atoms with van der Waals surface area (Å²) in [6.45, 7) is 14.7. The first kappa shape index (κ1) is 37.7. The highest BCUT2D eigenvalue weighted by Gasteiger charge is 2.28. The van der Waals surface area contributed by atoms with Gasteiger partial charge >= 0.3 is 0 Å². The maximum atomic E-state index is 6.47. The Morgan fingerprint density at radius 1 is 0.689 bits per heavy atom. The molecule has 0 bridgehead atoms. The lowest BCUT2D eigenvalue weighted by atomic mass is 9.86. The van der Waals surface area contributed by atoms with E-state index in [9.17, 15) is 0 Å². The number of para-hydroxylation sites is 4. The number of benzene rings is 6. The number of allylic oxidation sites excluding steroid dienone is 8. The predicted molar refractivity (Wildman–Crippen MR) is 260 cm³/mol. The fourth-order valence-corrected chi connectivity index (χ4v) is 9.39. The molecule has 0 saturated carbocycles. The molecule has 1 aliphatic carbocycles. The third kappa shape index (κ3) is 6.48. The maximum absolute atomic E-state index is 6.47. The second-order valence-electron chi connectivity index (χ2n) is 15.9. The van der Waals surface area contributed by atoms with Crippen LogP contribution in [-0.4, -0.2) is 9.13 Å². The van der Waals surface area contributed by atoms with Crippen molar-refractivity contribution >= 4 is 78.3 Å². The van der Waals surface area contributed by atoms with Gasteiger partial charge in [-0.25, -0.2) is 0 Å². The number of hydrogen-bond acceptors (Lipinski definition) is 2. The lowest BCUT2D eigenvalue weighted by Gasteiger charge is -2.25. The van der Waals surface area contributed by atoms with Crippen molar-refractivity contribution in [2.45, 2.75) is 33.1 Å². The highest BCUT2D eigenvalue weighted by Crippen LogP contribution is 2.44. The minimum absolute atomic E-state index is 0.183. The van der Waals surface area contributed by atoms with E-state index in [1.165, 1.54) is 38.7 Å². The third-order valence-corrected chi connectivity index (χ3v) is 12.1. The second-order valence-corrected chi connectivity index (χ2v) is 15.9. The number of anilines is 3. The van der Waals surface area contributed by atoms with Crippen LogP contribution in [0, 0.1) is 6.92 Å². The average molecular weight is 790 g/mol. The van der Waals surface area contributed by atoms with Crippen molar-refractivity contribution < 1.29 is 4.42 Å². The molecular formula is C57H47N3O. The van der Waals surface area contributed by atoms with Crippen molar-refractivity contribution in [3.05, 3.63) is 229 Å². The minimum Gasteiger partial charge on any atom is -0.456 e. The van der Waals surface area contributed by atoms with Gasteiger partial charge in [0.2, 0.25) is 0 Å². The first-order chi connectivity index (χ1) is 29.9. The van der Waals surface area contributed by atoms with Gasteiger partial charge in [-0.05, 0) is 123 Å². The number of rotatable bonds is 10. The van der Waals surface area contributed by atoms with E-state index in [4.69, 9.17) is 4.42 Å². The highest BCUT2D eigenvalue weighted by molar-refractivity contribution is 6.07. The molecule has 296 valence electrons. The summed E-state index contributed by atoms with van der Waals surface area (Å²) >= 11 is 0. The van der Waals surface area contributed by atoms with Gasteiger partial charge in [-0.2, -0.15) is 0 Å². The lowest BCUT2D eigenvalue weighted by molar-refractivity contribution is 0.668. The van der Waals surface area contributed by atoms with Crippen LogP contribution in [-0.2, 0) is 6.42 Å². The summed E-state index contributed by atoms with van der Waals surface area (Å²) in [5.41, 5.74) is 16.8. The molecule has 0 amide bonds. The Morgan fingerprint density at radius 3 is 1.98 bits per heavy atom. The molecule has 3 heterocycles. The van der Waals surface area contributed by atoms with Crippen molar-refractivity contribution in [1.29, 1.82) is 0 Å². The predicted octanol–water partition coefficient (Wildman–Crippen LogP) is 15.7. The quantitative estimate of drug-likeness (QED) is 0.129. The maximum Gasteiger partial charge on any atom is 0.135 e. The van der Waals surface area contributed by atoms with Gasteiger partial charge in [0, 0.05) is 67.2 Å². The Kier molecular flexibility index (Phi) is 9.61. The molecule has 3 aromatic heterocycles. The van der Waals surface area contributed by atoms with E-state index in [0.29, 0.717) is 0 Å². The monoisotopic (exact) mass is 789 g/mol. The van der Waals surface area contributed by atoms with E-state index in [-0.39, 0.29) is 5.92 Å². The zero-order valence-corrected chi connectivity index (χ0v) is 34.8. The zero-order chi connectivity index (χ0) is 41.6. The number of hydrogen-bond donors (Lipinski definition) is 0. The van der Waals surface area contributed by atoms with Gasteiger partial charge in [-0.3, -0.25) is 0 Å². The van der Waals surface area contributed by atoms with Crippen LogP contribution in [0.5, 0.6) is 0 Å². The van der Waals surface area contributed by atoms with Gasteiger partial charge in [0.25, 0.3) is 0 Å². The van der Waals surface area contributed by atoms with Gasteiger partial charge in [-0.1, -0.05) is 122 Å². The van der Waals surface area contributed by atoms with E-state index in [1.807, 2.05) is 13.0 Å². The topological polar surface area (TPSA) is 26.2 Å². The van der Waals surface area contributed by atoms with Gasteiger partial charge in [-0.15, -0.1) is 0 Å². The van der Waals surface area contributed by atoms with E-state index in [0.717, 1.165) is 73.6 Å². The summed E-state index contributed by atoms with van der Waals surface area (Å²) in [6, 6.07) is 51.9. The molecule has 4 nitrogen and oxygen atoms in total. The molecule has 4 heteroatoms. The summed E-state index contributed by atoms with van der Waals surface area (Å²) in [6.07, 6.45) is 16.1. The lowest BCUT2D eigenvalue weighted by Crippen LogP contribution is -2.09. The Balaban J connectivity index is 1.08. The van der Waals surface area contributed by atoms with Crippen molar-refractivity contribution in [1.82, 2.24) is 9.13 Å². The molecule has 1 aliphatic rings. The smallest absolute Gasteiger partial charge is 0.135 e. The van der Waals surface area contributed by atoms with Crippen LogP contribution in [0.25, 0.3) is 61.2 Å². The Morgan fingerprint density at radius 2 is 1.31 bits per heavy atom. The first-order valence-electron chi connectivity index (χ1n) is 21.0. The molecule has 0 N–H and O–H groups in total. The van der Waals surface area contributed by atoms with Crippen molar-refractivity contribution in [3.63, 3.8) is 0 Å². The summed E-state index contributed by atoms with van der Waals surface area (Å²) in [7, 11) is 0. The third-order valence-electron chi connectivity index (χ3n) is 12.1. The van der Waals surface area contributed by atoms with E-state index < -0.39 is 0 Å². The number of furan rings is 1. The van der Waals surface area contributed by atoms with E-state index in [2.05, 4.69) is 223 Å². The zero-order valence-electron chi connectivity index (χ0n) is 34.8. The summed E-state index contributed by atoms with van der Waals surface area (Å²) < 4.78 is 11.3. The molecule has 0 saturated heterocycles. The summed E-state index contributed by atoms with van der Waals surface area (Å²) in [5.74, 6) is 0.183. The summed E-state index contributed by atoms with van der Waals surface area (Å²) in [5, 5.41) is 4.69. The molecular weight excluding hydrogens is 743 g/mol. The normalized spacial score (nSPS) is 14.4. The van der Waals surface area contributed by atoms with E-state index >= 15 is 0 Å². The van der Waals surface area contributed by atoms with Gasteiger partial charge in [0.1, 0.15) is 11.2 Å². The van der Waals surface area contributed by atoms with Gasteiger partial charge in [0.15, 0.2) is 0 Å². The Bertz CT molecular complexity index is 3250. The van der Waals surface area contributed by atoms with Crippen LogP contribution in [0.1, 0.15) is 47.8 Å². The second kappa shape index (κ2) is 15.6. The molecule has 9 aromatic rings. The molecule has 61 heavy (non-hydrogen) atoms. The molecule has 1 unspecified atom stereocenters. The molecule has 1 atom stereocenters. The van der Waals surface area contributed by atoms with Crippen LogP contribution in [0.2, 0.25) is 0 Å². The molecule has 0 radical (unpaired) electrons. The Hall–Kier alpha value is -7.56.